The summed E-state index contributed by atoms with van der Waals surface area (Å²) in [6.07, 6.45) is 3.11. The van der Waals surface area contributed by atoms with Crippen molar-refractivity contribution >= 4 is 22.9 Å². The minimum absolute atomic E-state index is 0.00790. The number of ether oxygens (including phenoxy) is 1. The van der Waals surface area contributed by atoms with Crippen LogP contribution in [0.3, 0.4) is 0 Å². The van der Waals surface area contributed by atoms with Crippen LogP contribution >= 0.6 is 0 Å². The average molecular weight is 328 g/mol. The van der Waals surface area contributed by atoms with E-state index in [2.05, 4.69) is 5.10 Å². The molecule has 24 heavy (non-hydrogen) atoms. The lowest BCUT2D eigenvalue weighted by molar-refractivity contribution is -0.137. The molecule has 1 aromatic heterocycles. The maximum atomic E-state index is 12.7. The number of carbonyl (C=O) groups excluding carboxylic acids is 2. The largest absolute Gasteiger partial charge is 0.439 e. The molecule has 1 spiro atoms. The molecule has 0 aliphatic carbocycles. The van der Waals surface area contributed by atoms with Crippen LogP contribution in [0.2, 0.25) is 0 Å². The van der Waals surface area contributed by atoms with Crippen LogP contribution in [0.5, 0.6) is 0 Å². The van der Waals surface area contributed by atoms with Crippen molar-refractivity contribution in [2.75, 3.05) is 26.7 Å². The molecule has 2 aliphatic heterocycles. The van der Waals surface area contributed by atoms with Gasteiger partial charge in [-0.15, -0.1) is 0 Å². The van der Waals surface area contributed by atoms with Crippen molar-refractivity contribution in [1.29, 1.82) is 0 Å². The molecule has 0 unspecified atom stereocenters. The third-order valence-electron chi connectivity index (χ3n) is 4.87. The van der Waals surface area contributed by atoms with Gasteiger partial charge in [0.05, 0.1) is 24.8 Å². The van der Waals surface area contributed by atoms with Crippen LogP contribution in [0.1, 0.15) is 12.8 Å². The fraction of sp³-hybridized carbons (Fsp3) is 0.471. The van der Waals surface area contributed by atoms with Crippen molar-refractivity contribution < 1.29 is 14.3 Å². The van der Waals surface area contributed by atoms with Crippen LogP contribution in [-0.4, -0.2) is 63.9 Å². The molecule has 2 amide bonds. The number of aromatic nitrogens is 2. The van der Waals surface area contributed by atoms with E-state index in [0.717, 1.165) is 23.7 Å². The number of likely N-dealkylation sites (N-methyl/N-ethyl adjacent to an activating group) is 1. The van der Waals surface area contributed by atoms with E-state index >= 15 is 0 Å². The van der Waals surface area contributed by atoms with Gasteiger partial charge in [0.15, 0.2) is 0 Å². The van der Waals surface area contributed by atoms with Crippen LogP contribution in [0, 0.1) is 0 Å². The standard InChI is InChI=1S/C17H20N4O3/c1-19-11-17(24-16(19)23)7-4-8-20(12-17)15(22)10-21-14-6-3-2-5-13(14)9-18-21/h2-3,5-6,9H,4,7-8,10-12H2,1H3/t17-/m0/s1. The van der Waals surface area contributed by atoms with Gasteiger partial charge in [0.1, 0.15) is 12.1 Å². The predicted octanol–water partition coefficient (Wildman–Crippen LogP) is 1.48. The highest BCUT2D eigenvalue weighted by atomic mass is 16.6. The molecule has 2 fully saturated rings. The summed E-state index contributed by atoms with van der Waals surface area (Å²) >= 11 is 0. The normalized spacial score (nSPS) is 24.0. The fourth-order valence-electron chi connectivity index (χ4n) is 3.70. The Morgan fingerprint density at radius 2 is 2.17 bits per heavy atom. The van der Waals surface area contributed by atoms with Crippen molar-refractivity contribution in [1.82, 2.24) is 19.6 Å². The number of carbonyl (C=O) groups is 2. The van der Waals surface area contributed by atoms with Crippen LogP contribution in [0.25, 0.3) is 10.9 Å². The van der Waals surface area contributed by atoms with Crippen molar-refractivity contribution in [3.63, 3.8) is 0 Å². The van der Waals surface area contributed by atoms with E-state index in [-0.39, 0.29) is 18.5 Å². The number of piperidine rings is 1. The highest BCUT2D eigenvalue weighted by molar-refractivity contribution is 5.82. The number of para-hydroxylation sites is 1. The first-order chi connectivity index (χ1) is 11.6. The summed E-state index contributed by atoms with van der Waals surface area (Å²) in [5, 5.41) is 5.34. The average Bonchev–Trinajstić information content (AvgIpc) is 3.09. The van der Waals surface area contributed by atoms with E-state index in [0.29, 0.717) is 19.6 Å². The second kappa shape index (κ2) is 5.51. The maximum Gasteiger partial charge on any atom is 0.410 e. The Kier molecular flexibility index (Phi) is 3.44. The summed E-state index contributed by atoms with van der Waals surface area (Å²) in [6, 6.07) is 7.83. The second-order valence-electron chi connectivity index (χ2n) is 6.69. The molecule has 2 aromatic rings. The number of fused-ring (bicyclic) bond motifs is 1. The smallest absolute Gasteiger partial charge is 0.410 e. The molecule has 2 aliphatic rings. The van der Waals surface area contributed by atoms with Crippen molar-refractivity contribution in [3.05, 3.63) is 30.5 Å². The Labute approximate surface area is 139 Å². The molecule has 3 heterocycles. The second-order valence-corrected chi connectivity index (χ2v) is 6.69. The van der Waals surface area contributed by atoms with Gasteiger partial charge in [-0.25, -0.2) is 4.79 Å². The fourth-order valence-corrected chi connectivity index (χ4v) is 3.70. The summed E-state index contributed by atoms with van der Waals surface area (Å²) in [5.41, 5.74) is 0.399. The van der Waals surface area contributed by atoms with Crippen LogP contribution < -0.4 is 0 Å². The lowest BCUT2D eigenvalue weighted by Gasteiger charge is -2.38. The van der Waals surface area contributed by atoms with Gasteiger partial charge in [0.2, 0.25) is 5.91 Å². The van der Waals surface area contributed by atoms with E-state index < -0.39 is 5.60 Å². The molecule has 0 radical (unpaired) electrons. The zero-order valence-electron chi connectivity index (χ0n) is 13.6. The van der Waals surface area contributed by atoms with Gasteiger partial charge < -0.3 is 14.5 Å². The first-order valence-corrected chi connectivity index (χ1v) is 8.19. The monoisotopic (exact) mass is 328 g/mol. The van der Waals surface area contributed by atoms with Crippen molar-refractivity contribution in [3.8, 4) is 0 Å². The zero-order valence-corrected chi connectivity index (χ0v) is 13.6. The number of hydrogen-bond acceptors (Lipinski definition) is 4. The Morgan fingerprint density at radius 1 is 1.33 bits per heavy atom. The number of hydrogen-bond donors (Lipinski definition) is 0. The Hall–Kier alpha value is -2.57. The molecule has 1 atom stereocenters. The van der Waals surface area contributed by atoms with Gasteiger partial charge in [0, 0.05) is 19.0 Å². The van der Waals surface area contributed by atoms with E-state index in [1.54, 1.807) is 27.7 Å². The molecule has 0 saturated carbocycles. The molecule has 7 nitrogen and oxygen atoms in total. The molecule has 4 rings (SSSR count). The number of benzene rings is 1. The van der Waals surface area contributed by atoms with E-state index in [1.807, 2.05) is 24.3 Å². The summed E-state index contributed by atoms with van der Waals surface area (Å²) in [7, 11) is 1.73. The third-order valence-corrected chi connectivity index (χ3v) is 4.87. The number of rotatable bonds is 2. The van der Waals surface area contributed by atoms with Gasteiger partial charge >= 0.3 is 6.09 Å². The quantitative estimate of drug-likeness (QED) is 0.837. The lowest BCUT2D eigenvalue weighted by atomic mass is 9.93. The predicted molar refractivity (Wildman–Crippen MR) is 87.4 cm³/mol. The summed E-state index contributed by atoms with van der Waals surface area (Å²) < 4.78 is 7.29. The van der Waals surface area contributed by atoms with Crippen molar-refractivity contribution in [2.45, 2.75) is 25.0 Å². The first-order valence-electron chi connectivity index (χ1n) is 8.19. The van der Waals surface area contributed by atoms with Crippen LogP contribution in [0.15, 0.2) is 30.5 Å². The van der Waals surface area contributed by atoms with Gasteiger partial charge in [-0.2, -0.15) is 5.10 Å². The van der Waals surface area contributed by atoms with Gasteiger partial charge in [-0.05, 0) is 18.9 Å². The minimum Gasteiger partial charge on any atom is -0.439 e. The molecule has 1 aromatic carbocycles. The Balaban J connectivity index is 1.49. The summed E-state index contributed by atoms with van der Waals surface area (Å²) in [6.45, 7) is 1.90. The third kappa shape index (κ3) is 2.50. The number of amides is 2. The van der Waals surface area contributed by atoms with E-state index in [4.69, 9.17) is 4.74 Å². The minimum atomic E-state index is -0.550. The summed E-state index contributed by atoms with van der Waals surface area (Å²) in [5.74, 6) is 0.00790. The lowest BCUT2D eigenvalue weighted by Crippen LogP contribution is -2.53. The highest BCUT2D eigenvalue weighted by Crippen LogP contribution is 2.31. The van der Waals surface area contributed by atoms with Crippen LogP contribution in [0.4, 0.5) is 4.79 Å². The summed E-state index contributed by atoms with van der Waals surface area (Å²) in [4.78, 5) is 27.8. The first kappa shape index (κ1) is 15.0. The Bertz CT molecular complexity index is 802. The van der Waals surface area contributed by atoms with Gasteiger partial charge in [-0.1, -0.05) is 18.2 Å². The van der Waals surface area contributed by atoms with Gasteiger partial charge in [0.25, 0.3) is 0 Å². The SMILES string of the molecule is CN1C[C@]2(CCCN(C(=O)Cn3ncc4ccccc43)C2)OC1=O. The van der Waals surface area contributed by atoms with E-state index in [1.165, 1.54) is 0 Å². The molecular weight excluding hydrogens is 308 g/mol. The van der Waals surface area contributed by atoms with Crippen molar-refractivity contribution in [2.24, 2.45) is 0 Å². The highest BCUT2D eigenvalue weighted by Gasteiger charge is 2.47. The molecular formula is C17H20N4O3. The molecule has 7 heteroatoms. The molecule has 126 valence electrons. The molecule has 2 saturated heterocycles. The zero-order chi connectivity index (χ0) is 16.7. The Morgan fingerprint density at radius 3 is 2.96 bits per heavy atom. The topological polar surface area (TPSA) is 67.7 Å². The number of nitrogens with zero attached hydrogens (tertiary/aromatic N) is 4. The molecule has 0 bridgehead atoms. The molecule has 0 N–H and O–H groups in total. The van der Waals surface area contributed by atoms with Crippen LogP contribution in [-0.2, 0) is 16.1 Å². The number of likely N-dealkylation sites (tertiary alicyclic amines) is 1. The van der Waals surface area contributed by atoms with Gasteiger partial charge in [-0.3, -0.25) is 9.48 Å². The van der Waals surface area contributed by atoms with E-state index in [9.17, 15) is 9.59 Å². The maximum absolute atomic E-state index is 12.7.